The van der Waals surface area contributed by atoms with E-state index in [0.717, 1.165) is 6.54 Å². The van der Waals surface area contributed by atoms with Crippen LogP contribution in [-0.2, 0) is 9.63 Å². The summed E-state index contributed by atoms with van der Waals surface area (Å²) in [5.41, 5.74) is 7.85. The fourth-order valence-corrected chi connectivity index (χ4v) is 2.35. The Hall–Kier alpha value is -2.77. The molecule has 0 heterocycles. The molecule has 1 aromatic rings. The normalized spacial score (nSPS) is 10.8. The molecule has 1 aromatic carbocycles. The molecule has 0 aromatic heterocycles. The third-order valence-electron chi connectivity index (χ3n) is 3.69. The average molecular weight is 500 g/mol. The predicted molar refractivity (Wildman–Crippen MR) is 116 cm³/mol. The Labute approximate surface area is 194 Å². The number of nitrogens with two attached hydrogens (primary N) is 1. The zero-order valence-corrected chi connectivity index (χ0v) is 19.3. The van der Waals surface area contributed by atoms with Gasteiger partial charge in [-0.3, -0.25) is 15.0 Å². The third-order valence-corrected chi connectivity index (χ3v) is 3.91. The first-order valence-corrected chi connectivity index (χ1v) is 10.0. The maximum Gasteiger partial charge on any atom is 0.490 e. The van der Waals surface area contributed by atoms with Crippen molar-refractivity contribution in [2.75, 3.05) is 46.9 Å². The van der Waals surface area contributed by atoms with Crippen molar-refractivity contribution in [1.29, 1.82) is 5.41 Å². The largest absolute Gasteiger partial charge is 0.493 e. The van der Waals surface area contributed by atoms with Crippen molar-refractivity contribution in [1.82, 2.24) is 15.3 Å². The van der Waals surface area contributed by atoms with Crippen molar-refractivity contribution in [3.05, 3.63) is 28.8 Å². The number of halogens is 4. The second kappa shape index (κ2) is 15.1. The van der Waals surface area contributed by atoms with Gasteiger partial charge in [0.15, 0.2) is 0 Å². The van der Waals surface area contributed by atoms with E-state index in [9.17, 15) is 18.0 Å². The number of carboxylic acid groups (broad SMARTS) is 1. The van der Waals surface area contributed by atoms with Gasteiger partial charge in [-0.05, 0) is 39.2 Å². The quantitative estimate of drug-likeness (QED) is 0.157. The predicted octanol–water partition coefficient (Wildman–Crippen LogP) is 2.18. The first kappa shape index (κ1) is 30.2. The number of nitrogens with one attached hydrogen (secondary N) is 2. The van der Waals surface area contributed by atoms with Gasteiger partial charge in [0.1, 0.15) is 5.75 Å². The van der Waals surface area contributed by atoms with Crippen molar-refractivity contribution in [3.63, 3.8) is 0 Å². The zero-order chi connectivity index (χ0) is 25.6. The van der Waals surface area contributed by atoms with Crippen molar-refractivity contribution in [2.45, 2.75) is 19.5 Å². The summed E-state index contributed by atoms with van der Waals surface area (Å²) >= 11 is 6.14. The monoisotopic (exact) mass is 499 g/mol. The lowest BCUT2D eigenvalue weighted by molar-refractivity contribution is -0.192. The van der Waals surface area contributed by atoms with Crippen LogP contribution >= 0.6 is 11.6 Å². The third kappa shape index (κ3) is 14.1. The Kier molecular flexibility index (Phi) is 13.9. The molecular weight excluding hydrogens is 471 g/mol. The molecular formula is C19H29ClF3N5O5. The Morgan fingerprint density at radius 1 is 1.21 bits per heavy atom. The Balaban J connectivity index is 0.00000126. The summed E-state index contributed by atoms with van der Waals surface area (Å²) in [4.78, 5) is 30.3. The molecule has 33 heavy (non-hydrogen) atoms. The Morgan fingerprint density at radius 2 is 1.82 bits per heavy atom. The van der Waals surface area contributed by atoms with Crippen LogP contribution in [0.3, 0.4) is 0 Å². The first-order valence-electron chi connectivity index (χ1n) is 9.67. The number of carbonyl (C=O) groups excluding carboxylic acids is 1. The van der Waals surface area contributed by atoms with Crippen molar-refractivity contribution in [2.24, 2.45) is 5.73 Å². The molecule has 1 amide bonds. The van der Waals surface area contributed by atoms with Gasteiger partial charge in [-0.15, -0.1) is 0 Å². The number of hydrogen-bond donors (Lipinski definition) is 4. The van der Waals surface area contributed by atoms with Gasteiger partial charge in [-0.2, -0.15) is 13.2 Å². The van der Waals surface area contributed by atoms with E-state index in [1.165, 1.54) is 0 Å². The number of alkyl halides is 3. The maximum atomic E-state index is 12.7. The van der Waals surface area contributed by atoms with Crippen LogP contribution in [-0.4, -0.2) is 85.9 Å². The van der Waals surface area contributed by atoms with Gasteiger partial charge in [0, 0.05) is 36.6 Å². The molecule has 188 valence electrons. The number of hydrogen-bond acceptors (Lipinski definition) is 6. The smallest absolute Gasteiger partial charge is 0.490 e. The fourth-order valence-electron chi connectivity index (χ4n) is 2.13. The number of guanidine groups is 1. The number of benzene rings is 1. The number of amides is 1. The molecule has 0 saturated carbocycles. The van der Waals surface area contributed by atoms with Crippen LogP contribution < -0.4 is 16.0 Å². The minimum absolute atomic E-state index is 0.0734. The van der Waals surface area contributed by atoms with Crippen LogP contribution in [0, 0.1) is 5.41 Å². The Bertz CT molecular complexity index is 781. The highest BCUT2D eigenvalue weighted by atomic mass is 35.5. The molecule has 0 aliphatic heterocycles. The molecule has 0 aliphatic rings. The van der Waals surface area contributed by atoms with Crippen LogP contribution in [0.15, 0.2) is 18.2 Å². The van der Waals surface area contributed by atoms with E-state index < -0.39 is 12.1 Å². The van der Waals surface area contributed by atoms with Crippen LogP contribution in [0.4, 0.5) is 13.2 Å². The van der Waals surface area contributed by atoms with E-state index in [1.54, 1.807) is 23.1 Å². The number of hydroxylamine groups is 1. The number of likely N-dealkylation sites (N-methyl/N-ethyl adjacent to an activating group) is 2. The molecule has 0 aliphatic carbocycles. The van der Waals surface area contributed by atoms with E-state index in [-0.39, 0.29) is 11.9 Å². The molecule has 0 unspecified atom stereocenters. The van der Waals surface area contributed by atoms with Gasteiger partial charge >= 0.3 is 12.1 Å². The molecule has 14 heteroatoms. The number of carbonyl (C=O) groups is 2. The molecule has 10 nitrogen and oxygen atoms in total. The van der Waals surface area contributed by atoms with Gasteiger partial charge in [0.05, 0.1) is 13.2 Å². The van der Waals surface area contributed by atoms with Crippen LogP contribution in [0.5, 0.6) is 5.75 Å². The summed E-state index contributed by atoms with van der Waals surface area (Å²) in [5, 5.41) is 14.5. The van der Waals surface area contributed by atoms with E-state index in [2.05, 4.69) is 5.48 Å². The summed E-state index contributed by atoms with van der Waals surface area (Å²) in [6.07, 6.45) is -4.50. The highest BCUT2D eigenvalue weighted by Crippen LogP contribution is 2.22. The molecule has 0 bridgehead atoms. The zero-order valence-electron chi connectivity index (χ0n) is 18.5. The molecule has 1 rings (SSSR count). The van der Waals surface area contributed by atoms with Crippen molar-refractivity contribution < 1.29 is 37.4 Å². The second-order valence-electron chi connectivity index (χ2n) is 6.73. The minimum atomic E-state index is -5.08. The fraction of sp³-hybridized carbons (Fsp3) is 0.526. The molecule has 0 fully saturated rings. The molecule has 0 spiro atoms. The maximum absolute atomic E-state index is 12.7. The summed E-state index contributed by atoms with van der Waals surface area (Å²) in [6.45, 7) is 4.72. The first-order chi connectivity index (χ1) is 15.3. The van der Waals surface area contributed by atoms with Gasteiger partial charge in [-0.25, -0.2) is 10.3 Å². The SMILES string of the molecule is CCN(CCN(C)C)C(=O)c1cc(Cl)cc(OCCCONC(=N)N)c1.O=C(O)C(F)(F)F. The van der Waals surface area contributed by atoms with E-state index >= 15 is 0 Å². The van der Waals surface area contributed by atoms with Crippen LogP contribution in [0.2, 0.25) is 5.02 Å². The summed E-state index contributed by atoms with van der Waals surface area (Å²) in [7, 11) is 3.94. The lowest BCUT2D eigenvalue weighted by atomic mass is 10.2. The highest BCUT2D eigenvalue weighted by Gasteiger charge is 2.38. The molecule has 5 N–H and O–H groups in total. The lowest BCUT2D eigenvalue weighted by Crippen LogP contribution is -2.36. The van der Waals surface area contributed by atoms with Crippen LogP contribution in [0.25, 0.3) is 0 Å². The summed E-state index contributed by atoms with van der Waals surface area (Å²) in [5.74, 6) is -2.55. The second-order valence-corrected chi connectivity index (χ2v) is 7.17. The van der Waals surface area contributed by atoms with Crippen LogP contribution in [0.1, 0.15) is 23.7 Å². The van der Waals surface area contributed by atoms with E-state index in [0.29, 0.717) is 49.1 Å². The van der Waals surface area contributed by atoms with Gasteiger partial charge in [0.25, 0.3) is 5.91 Å². The minimum Gasteiger partial charge on any atom is -0.493 e. The van der Waals surface area contributed by atoms with E-state index in [4.69, 9.17) is 42.2 Å². The lowest BCUT2D eigenvalue weighted by Gasteiger charge is -2.23. The molecule has 0 atom stereocenters. The average Bonchev–Trinajstić information content (AvgIpc) is 2.69. The van der Waals surface area contributed by atoms with Gasteiger partial charge in [0.2, 0.25) is 5.96 Å². The standard InChI is InChI=1S/C17H28ClN5O3.C2HF3O2/c1-4-23(7-6-22(2)3)16(24)13-10-14(18)12-15(11-13)25-8-5-9-26-21-17(19)20;3-2(4,5)1(6)7/h10-12H,4-9H2,1-3H3,(H4,19,20,21);(H,6,7). The van der Waals surface area contributed by atoms with Gasteiger partial charge in [-0.1, -0.05) is 11.6 Å². The number of aliphatic carboxylic acids is 1. The number of carboxylic acids is 1. The van der Waals surface area contributed by atoms with Crippen molar-refractivity contribution in [3.8, 4) is 5.75 Å². The number of nitrogens with zero attached hydrogens (tertiary/aromatic N) is 2. The number of ether oxygens (including phenoxy) is 1. The summed E-state index contributed by atoms with van der Waals surface area (Å²) in [6, 6.07) is 5.01. The Morgan fingerprint density at radius 3 is 2.30 bits per heavy atom. The molecule has 0 saturated heterocycles. The topological polar surface area (TPSA) is 141 Å². The van der Waals surface area contributed by atoms with E-state index in [1.807, 2.05) is 25.9 Å². The molecule has 0 radical (unpaired) electrons. The van der Waals surface area contributed by atoms with Gasteiger partial charge < -0.3 is 25.4 Å². The summed E-state index contributed by atoms with van der Waals surface area (Å²) < 4.78 is 37.4. The van der Waals surface area contributed by atoms with Crippen molar-refractivity contribution >= 4 is 29.4 Å². The number of rotatable bonds is 11. The highest BCUT2D eigenvalue weighted by molar-refractivity contribution is 6.31.